The molecule has 8 nitrogen and oxygen atoms in total. The van der Waals surface area contributed by atoms with E-state index in [2.05, 4.69) is 10.2 Å². The zero-order valence-corrected chi connectivity index (χ0v) is 21.0. The molecule has 1 saturated heterocycles. The fourth-order valence-corrected chi connectivity index (χ4v) is 4.19. The third kappa shape index (κ3) is 6.12. The van der Waals surface area contributed by atoms with E-state index in [1.807, 2.05) is 6.07 Å². The first-order chi connectivity index (χ1) is 16.1. The second kappa shape index (κ2) is 11.0. The maximum absolute atomic E-state index is 13.0. The van der Waals surface area contributed by atoms with Crippen LogP contribution < -0.4 is 16.0 Å². The molecule has 182 valence electrons. The number of nitrogen functional groups attached to an aromatic ring is 1. The first-order valence-electron chi connectivity index (χ1n) is 11.0. The molecule has 1 unspecified atom stereocenters. The van der Waals surface area contributed by atoms with Crippen molar-refractivity contribution in [2.24, 2.45) is 0 Å². The molecule has 34 heavy (non-hydrogen) atoms. The number of hydrogen-bond acceptors (Lipinski definition) is 5. The smallest absolute Gasteiger partial charge is 0.254 e. The second-order valence-electron chi connectivity index (χ2n) is 8.40. The number of hydrogen-bond donors (Lipinski definition) is 2. The number of carbonyl (C=O) groups is 3. The van der Waals surface area contributed by atoms with Crippen LogP contribution in [0.4, 0.5) is 11.4 Å². The van der Waals surface area contributed by atoms with Crippen LogP contribution in [0.5, 0.6) is 0 Å². The lowest BCUT2D eigenvalue weighted by molar-refractivity contribution is -0.132. The number of amides is 3. The summed E-state index contributed by atoms with van der Waals surface area (Å²) in [5.74, 6) is -0.625. The summed E-state index contributed by atoms with van der Waals surface area (Å²) < 4.78 is 0. The van der Waals surface area contributed by atoms with Crippen LogP contribution in [0.1, 0.15) is 29.8 Å². The van der Waals surface area contributed by atoms with Crippen LogP contribution in [-0.2, 0) is 16.1 Å². The Balaban J connectivity index is 1.63. The molecule has 0 bridgehead atoms. The average Bonchev–Trinajstić information content (AvgIpc) is 2.81. The molecular weight excluding hydrogens is 477 g/mol. The van der Waals surface area contributed by atoms with E-state index in [-0.39, 0.29) is 11.8 Å². The molecule has 3 amide bonds. The number of piperazine rings is 1. The third-order valence-corrected chi connectivity index (χ3v) is 6.61. The van der Waals surface area contributed by atoms with Crippen LogP contribution in [-0.4, -0.2) is 66.8 Å². The van der Waals surface area contributed by atoms with Crippen LogP contribution in [0.15, 0.2) is 36.4 Å². The molecule has 0 aliphatic carbocycles. The van der Waals surface area contributed by atoms with Crippen molar-refractivity contribution in [2.45, 2.75) is 26.4 Å². The maximum Gasteiger partial charge on any atom is 0.254 e. The maximum atomic E-state index is 13.0. The predicted octanol–water partition coefficient (Wildman–Crippen LogP) is 3.02. The van der Waals surface area contributed by atoms with Crippen LogP contribution in [0.25, 0.3) is 0 Å². The monoisotopic (exact) mass is 505 g/mol. The summed E-state index contributed by atoms with van der Waals surface area (Å²) in [5, 5.41) is 3.61. The summed E-state index contributed by atoms with van der Waals surface area (Å²) in [6.07, 6.45) is 0. The van der Waals surface area contributed by atoms with E-state index >= 15 is 0 Å². The van der Waals surface area contributed by atoms with E-state index in [0.29, 0.717) is 54.0 Å². The quantitative estimate of drug-likeness (QED) is 0.587. The van der Waals surface area contributed by atoms with Crippen molar-refractivity contribution < 1.29 is 14.4 Å². The predicted molar refractivity (Wildman–Crippen MR) is 135 cm³/mol. The number of halogens is 2. The minimum atomic E-state index is -0.762. The number of nitrogens with one attached hydrogen (secondary N) is 1. The number of nitrogens with two attached hydrogens (primary N) is 1. The number of carbonyl (C=O) groups excluding carboxylic acids is 3. The molecule has 1 fully saturated rings. The molecule has 0 aromatic heterocycles. The molecule has 2 aromatic carbocycles. The molecule has 0 radical (unpaired) electrons. The Morgan fingerprint density at radius 2 is 1.74 bits per heavy atom. The van der Waals surface area contributed by atoms with Gasteiger partial charge in [0.2, 0.25) is 11.8 Å². The van der Waals surface area contributed by atoms with Crippen LogP contribution in [0, 0.1) is 0 Å². The molecule has 0 saturated carbocycles. The Morgan fingerprint density at radius 1 is 1.06 bits per heavy atom. The van der Waals surface area contributed by atoms with E-state index in [1.165, 1.54) is 4.90 Å². The van der Waals surface area contributed by atoms with Crippen LogP contribution in [0.3, 0.4) is 0 Å². The lowest BCUT2D eigenvalue weighted by atomic mass is 10.1. The van der Waals surface area contributed by atoms with Gasteiger partial charge in [-0.3, -0.25) is 14.4 Å². The number of nitrogens with zero attached hydrogens (tertiary/aromatic N) is 3. The largest absolute Gasteiger partial charge is 0.398 e. The number of rotatable bonds is 6. The molecule has 10 heteroatoms. The van der Waals surface area contributed by atoms with Crippen LogP contribution >= 0.6 is 23.2 Å². The van der Waals surface area contributed by atoms with Gasteiger partial charge in [-0.15, -0.1) is 0 Å². The Morgan fingerprint density at radius 3 is 2.35 bits per heavy atom. The summed E-state index contributed by atoms with van der Waals surface area (Å²) in [5.41, 5.74) is 8.37. The van der Waals surface area contributed by atoms with Crippen molar-refractivity contribution in [1.82, 2.24) is 15.1 Å². The zero-order chi connectivity index (χ0) is 25.0. The number of benzene rings is 2. The lowest BCUT2D eigenvalue weighted by Crippen LogP contribution is -2.48. The summed E-state index contributed by atoms with van der Waals surface area (Å²) in [7, 11) is 1.66. The lowest BCUT2D eigenvalue weighted by Gasteiger charge is -2.35. The van der Waals surface area contributed by atoms with Gasteiger partial charge >= 0.3 is 0 Å². The standard InChI is InChI=1S/C24H29Cl2N5O3/c1-15(24(34)29(3)14-17-4-6-20(25)21(26)12-17)28-23(33)19-13-18(5-7-22(19)27)31-10-8-30(9-11-31)16(2)32/h4-7,12-13,15H,8-11,14,27H2,1-3H3,(H,28,33). The number of likely N-dealkylation sites (N-methyl/N-ethyl adjacent to an activating group) is 1. The van der Waals surface area contributed by atoms with E-state index in [9.17, 15) is 14.4 Å². The highest BCUT2D eigenvalue weighted by Crippen LogP contribution is 2.24. The van der Waals surface area contributed by atoms with Gasteiger partial charge in [0.25, 0.3) is 5.91 Å². The first-order valence-corrected chi connectivity index (χ1v) is 11.7. The fourth-order valence-electron chi connectivity index (χ4n) is 3.87. The van der Waals surface area contributed by atoms with Gasteiger partial charge in [0.1, 0.15) is 6.04 Å². The molecular formula is C24H29Cl2N5O3. The van der Waals surface area contributed by atoms with E-state index in [4.69, 9.17) is 28.9 Å². The van der Waals surface area contributed by atoms with Crippen molar-refractivity contribution in [3.8, 4) is 0 Å². The minimum absolute atomic E-state index is 0.0554. The summed E-state index contributed by atoms with van der Waals surface area (Å²) >= 11 is 12.0. The molecule has 1 aliphatic heterocycles. The van der Waals surface area contributed by atoms with Gasteiger partial charge in [0.05, 0.1) is 15.6 Å². The first kappa shape index (κ1) is 25.6. The van der Waals surface area contributed by atoms with Crippen molar-refractivity contribution in [3.63, 3.8) is 0 Å². The van der Waals surface area contributed by atoms with E-state index in [0.717, 1.165) is 11.3 Å². The highest BCUT2D eigenvalue weighted by atomic mass is 35.5. The Bertz CT molecular complexity index is 1090. The van der Waals surface area contributed by atoms with E-state index in [1.54, 1.807) is 56.1 Å². The van der Waals surface area contributed by atoms with Gasteiger partial charge in [0, 0.05) is 58.1 Å². The molecule has 1 heterocycles. The third-order valence-electron chi connectivity index (χ3n) is 5.87. The molecule has 1 aliphatic rings. The molecule has 3 N–H and O–H groups in total. The second-order valence-corrected chi connectivity index (χ2v) is 9.22. The summed E-state index contributed by atoms with van der Waals surface area (Å²) in [6.45, 7) is 6.09. The van der Waals surface area contributed by atoms with E-state index < -0.39 is 11.9 Å². The Kier molecular flexibility index (Phi) is 8.28. The van der Waals surface area contributed by atoms with Crippen molar-refractivity contribution >= 4 is 52.3 Å². The van der Waals surface area contributed by atoms with Crippen molar-refractivity contribution in [1.29, 1.82) is 0 Å². The van der Waals surface area contributed by atoms with Crippen LogP contribution in [0.2, 0.25) is 10.0 Å². The fraction of sp³-hybridized carbons (Fsp3) is 0.375. The van der Waals surface area contributed by atoms with Crippen molar-refractivity contribution in [2.75, 3.05) is 43.9 Å². The Hall–Kier alpha value is -2.97. The van der Waals surface area contributed by atoms with Gasteiger partial charge in [-0.1, -0.05) is 29.3 Å². The van der Waals surface area contributed by atoms with Crippen molar-refractivity contribution in [3.05, 3.63) is 57.6 Å². The average molecular weight is 506 g/mol. The summed E-state index contributed by atoms with van der Waals surface area (Å²) in [4.78, 5) is 42.8. The van der Waals surface area contributed by atoms with Gasteiger partial charge in [-0.05, 0) is 42.8 Å². The van der Waals surface area contributed by atoms with Gasteiger partial charge in [-0.2, -0.15) is 0 Å². The molecule has 1 atom stereocenters. The highest BCUT2D eigenvalue weighted by molar-refractivity contribution is 6.42. The minimum Gasteiger partial charge on any atom is -0.398 e. The normalized spacial score (nSPS) is 14.5. The molecule has 0 spiro atoms. The zero-order valence-electron chi connectivity index (χ0n) is 19.5. The summed E-state index contributed by atoms with van der Waals surface area (Å²) in [6, 6.07) is 9.69. The number of anilines is 2. The van der Waals surface area contributed by atoms with Gasteiger partial charge in [0.15, 0.2) is 0 Å². The highest BCUT2D eigenvalue weighted by Gasteiger charge is 2.23. The topological polar surface area (TPSA) is 99.0 Å². The Labute approximate surface area is 209 Å². The van der Waals surface area contributed by atoms with Gasteiger partial charge < -0.3 is 25.8 Å². The molecule has 3 rings (SSSR count). The molecule has 2 aromatic rings. The van der Waals surface area contributed by atoms with Gasteiger partial charge in [-0.25, -0.2) is 0 Å². The SMILES string of the molecule is CC(=O)N1CCN(c2ccc(N)c(C(=O)NC(C)C(=O)N(C)Cc3ccc(Cl)c(Cl)c3)c2)CC1.